The molecule has 0 amide bonds. The van der Waals surface area contributed by atoms with E-state index in [0.29, 0.717) is 22.2 Å². The van der Waals surface area contributed by atoms with Gasteiger partial charge in [0.25, 0.3) is 5.56 Å². The van der Waals surface area contributed by atoms with Gasteiger partial charge < -0.3 is 9.73 Å². The monoisotopic (exact) mass is 317 g/mol. The molecule has 1 aromatic carbocycles. The number of aromatic nitrogens is 2. The first-order chi connectivity index (χ1) is 10.3. The minimum Gasteiger partial charge on any atom is -0.449 e. The normalized spacial score (nSPS) is 11.8. The second kappa shape index (κ2) is 5.18. The van der Waals surface area contributed by atoms with Crippen molar-refractivity contribution in [2.75, 3.05) is 5.32 Å². The predicted molar refractivity (Wildman–Crippen MR) is 88.5 cm³/mol. The van der Waals surface area contributed by atoms with Gasteiger partial charge in [-0.15, -0.1) is 0 Å². The van der Waals surface area contributed by atoms with Crippen molar-refractivity contribution in [1.82, 2.24) is 9.97 Å². The second-order valence-corrected chi connectivity index (χ2v) is 6.56. The fourth-order valence-corrected chi connectivity index (χ4v) is 2.24. The Bertz CT molecular complexity index is 873. The zero-order valence-corrected chi connectivity index (χ0v) is 13.3. The van der Waals surface area contributed by atoms with E-state index in [1.807, 2.05) is 32.9 Å². The van der Waals surface area contributed by atoms with Crippen LogP contribution in [-0.2, 0) is 0 Å². The number of anilines is 1. The van der Waals surface area contributed by atoms with E-state index in [1.165, 1.54) is 0 Å². The number of benzene rings is 1. The van der Waals surface area contributed by atoms with Crippen molar-refractivity contribution in [2.45, 2.75) is 26.3 Å². The molecule has 0 saturated heterocycles. The van der Waals surface area contributed by atoms with Crippen molar-refractivity contribution in [3.05, 3.63) is 45.7 Å². The van der Waals surface area contributed by atoms with Gasteiger partial charge >= 0.3 is 0 Å². The van der Waals surface area contributed by atoms with Gasteiger partial charge in [-0.05, 0) is 45.0 Å². The minimum absolute atomic E-state index is 0.202. The molecule has 0 fully saturated rings. The molecular weight excluding hydrogens is 302 g/mol. The Morgan fingerprint density at radius 3 is 2.55 bits per heavy atom. The molecule has 22 heavy (non-hydrogen) atoms. The van der Waals surface area contributed by atoms with Gasteiger partial charge in [0.15, 0.2) is 0 Å². The molecule has 0 unspecified atom stereocenters. The zero-order chi connectivity index (χ0) is 15.9. The number of halogens is 1. The molecule has 0 aliphatic heterocycles. The summed E-state index contributed by atoms with van der Waals surface area (Å²) in [5.74, 6) is 1.01. The summed E-state index contributed by atoms with van der Waals surface area (Å²) in [5, 5.41) is 3.79. The largest absolute Gasteiger partial charge is 0.449 e. The van der Waals surface area contributed by atoms with Crippen LogP contribution < -0.4 is 10.9 Å². The summed E-state index contributed by atoms with van der Waals surface area (Å²) in [5.41, 5.74) is 1.06. The van der Waals surface area contributed by atoms with Crippen LogP contribution in [0.3, 0.4) is 0 Å². The van der Waals surface area contributed by atoms with Crippen LogP contribution >= 0.6 is 11.6 Å². The highest BCUT2D eigenvalue weighted by molar-refractivity contribution is 6.30. The first kappa shape index (κ1) is 14.7. The third-order valence-electron chi connectivity index (χ3n) is 3.01. The van der Waals surface area contributed by atoms with E-state index in [0.717, 1.165) is 5.56 Å². The van der Waals surface area contributed by atoms with Crippen LogP contribution in [0.2, 0.25) is 5.02 Å². The summed E-state index contributed by atoms with van der Waals surface area (Å²) >= 11 is 5.88. The van der Waals surface area contributed by atoms with Gasteiger partial charge in [-0.2, -0.15) is 0 Å². The molecule has 2 aromatic heterocycles. The molecule has 0 aliphatic rings. The highest BCUT2D eigenvalue weighted by Gasteiger charge is 2.15. The molecule has 114 valence electrons. The average molecular weight is 318 g/mol. The summed E-state index contributed by atoms with van der Waals surface area (Å²) in [6.07, 6.45) is 0. The number of nitrogens with one attached hydrogen (secondary N) is 2. The fraction of sp³-hybridized carbons (Fsp3) is 0.250. The first-order valence-corrected chi connectivity index (χ1v) is 7.28. The lowest BCUT2D eigenvalue weighted by Gasteiger charge is -2.20. The number of furan rings is 1. The van der Waals surface area contributed by atoms with E-state index in [1.54, 1.807) is 18.2 Å². The first-order valence-electron chi connectivity index (χ1n) is 6.90. The second-order valence-electron chi connectivity index (χ2n) is 6.12. The molecule has 0 radical (unpaired) electrons. The lowest BCUT2D eigenvalue weighted by molar-refractivity contribution is 0.617. The van der Waals surface area contributed by atoms with Crippen molar-refractivity contribution in [3.8, 4) is 11.3 Å². The van der Waals surface area contributed by atoms with E-state index in [9.17, 15) is 4.79 Å². The van der Waals surface area contributed by atoms with Crippen LogP contribution in [0.15, 0.2) is 39.5 Å². The Hall–Kier alpha value is -2.27. The number of rotatable bonds is 2. The Kier molecular flexibility index (Phi) is 3.45. The molecule has 2 heterocycles. The van der Waals surface area contributed by atoms with Crippen molar-refractivity contribution >= 4 is 28.6 Å². The average Bonchev–Trinajstić information content (AvgIpc) is 2.82. The molecule has 0 spiro atoms. The standard InChI is InChI=1S/C16H16ClN3O2/c1-16(2,3)20-15-18-11-8-12(22-13(11)14(21)19-15)9-4-6-10(17)7-5-9/h4-8H,1-3H3,(H2,18,19,20,21). The van der Waals surface area contributed by atoms with E-state index >= 15 is 0 Å². The van der Waals surface area contributed by atoms with Crippen LogP contribution in [-0.4, -0.2) is 15.5 Å². The number of hydrogen-bond acceptors (Lipinski definition) is 4. The molecule has 0 aliphatic carbocycles. The van der Waals surface area contributed by atoms with Crippen molar-refractivity contribution in [2.24, 2.45) is 0 Å². The molecule has 2 N–H and O–H groups in total. The number of hydrogen-bond donors (Lipinski definition) is 2. The lowest BCUT2D eigenvalue weighted by atomic mass is 10.1. The van der Waals surface area contributed by atoms with Crippen molar-refractivity contribution < 1.29 is 4.42 Å². The topological polar surface area (TPSA) is 70.9 Å². The summed E-state index contributed by atoms with van der Waals surface area (Å²) in [4.78, 5) is 19.2. The van der Waals surface area contributed by atoms with Gasteiger partial charge in [0.05, 0.1) is 0 Å². The smallest absolute Gasteiger partial charge is 0.295 e. The molecule has 5 nitrogen and oxygen atoms in total. The maximum Gasteiger partial charge on any atom is 0.295 e. The number of nitrogens with zero attached hydrogens (tertiary/aromatic N) is 1. The van der Waals surface area contributed by atoms with Crippen LogP contribution in [0.25, 0.3) is 22.4 Å². The van der Waals surface area contributed by atoms with E-state index in [2.05, 4.69) is 15.3 Å². The molecular formula is C16H16ClN3O2. The molecule has 3 aromatic rings. The van der Waals surface area contributed by atoms with Crippen LogP contribution in [0.5, 0.6) is 0 Å². The van der Waals surface area contributed by atoms with Gasteiger partial charge in [-0.25, -0.2) is 4.98 Å². The molecule has 3 rings (SSSR count). The maximum absolute atomic E-state index is 12.1. The Labute approximate surface area is 132 Å². The van der Waals surface area contributed by atoms with Crippen LogP contribution in [0.4, 0.5) is 5.95 Å². The summed E-state index contributed by atoms with van der Waals surface area (Å²) in [6, 6.07) is 8.97. The third kappa shape index (κ3) is 2.99. The summed E-state index contributed by atoms with van der Waals surface area (Å²) in [7, 11) is 0. The highest BCUT2D eigenvalue weighted by Crippen LogP contribution is 2.26. The SMILES string of the molecule is CC(C)(C)Nc1nc2cc(-c3ccc(Cl)cc3)oc2c(=O)[nH]1. The minimum atomic E-state index is -0.308. The zero-order valence-electron chi connectivity index (χ0n) is 12.5. The summed E-state index contributed by atoms with van der Waals surface area (Å²) in [6.45, 7) is 5.98. The quantitative estimate of drug-likeness (QED) is 0.748. The van der Waals surface area contributed by atoms with Crippen molar-refractivity contribution in [3.63, 3.8) is 0 Å². The Morgan fingerprint density at radius 2 is 1.91 bits per heavy atom. The molecule has 0 saturated carbocycles. The van der Waals surface area contributed by atoms with E-state index < -0.39 is 0 Å². The number of fused-ring (bicyclic) bond motifs is 1. The molecule has 0 bridgehead atoms. The number of aromatic amines is 1. The maximum atomic E-state index is 12.1. The summed E-state index contributed by atoms with van der Waals surface area (Å²) < 4.78 is 5.63. The number of H-pyrrole nitrogens is 1. The van der Waals surface area contributed by atoms with E-state index in [4.69, 9.17) is 16.0 Å². The van der Waals surface area contributed by atoms with E-state index in [-0.39, 0.29) is 16.7 Å². The van der Waals surface area contributed by atoms with Crippen LogP contribution in [0.1, 0.15) is 20.8 Å². The predicted octanol–water partition coefficient (Wildman–Crippen LogP) is 4.05. The lowest BCUT2D eigenvalue weighted by Crippen LogP contribution is -2.28. The third-order valence-corrected chi connectivity index (χ3v) is 3.26. The van der Waals surface area contributed by atoms with Crippen molar-refractivity contribution in [1.29, 1.82) is 0 Å². The fourth-order valence-electron chi connectivity index (χ4n) is 2.11. The molecule has 0 atom stereocenters. The highest BCUT2D eigenvalue weighted by atomic mass is 35.5. The Morgan fingerprint density at radius 1 is 1.23 bits per heavy atom. The van der Waals surface area contributed by atoms with Crippen LogP contribution in [0, 0.1) is 0 Å². The van der Waals surface area contributed by atoms with Gasteiger partial charge in [-0.1, -0.05) is 11.6 Å². The van der Waals surface area contributed by atoms with Gasteiger partial charge in [-0.3, -0.25) is 9.78 Å². The van der Waals surface area contributed by atoms with Gasteiger partial charge in [0, 0.05) is 22.2 Å². The van der Waals surface area contributed by atoms with Gasteiger partial charge in [0.2, 0.25) is 11.5 Å². The molecule has 6 heteroatoms. The van der Waals surface area contributed by atoms with Gasteiger partial charge in [0.1, 0.15) is 11.3 Å². The Balaban J connectivity index is 2.08.